The number of benzene rings is 2. The van der Waals surface area contributed by atoms with Crippen LogP contribution >= 0.6 is 31.9 Å². The van der Waals surface area contributed by atoms with E-state index in [-0.39, 0.29) is 0 Å². The fourth-order valence-corrected chi connectivity index (χ4v) is 4.45. The lowest BCUT2D eigenvalue weighted by Crippen LogP contribution is -2.27. The highest BCUT2D eigenvalue weighted by atomic mass is 79.9. The van der Waals surface area contributed by atoms with Crippen LogP contribution in [0.4, 0.5) is 5.69 Å². The predicted octanol–water partition coefficient (Wildman–Crippen LogP) is 4.00. The molecule has 0 fully saturated rings. The van der Waals surface area contributed by atoms with Crippen LogP contribution in [0.25, 0.3) is 17.1 Å². The molecule has 0 bridgehead atoms. The van der Waals surface area contributed by atoms with Gasteiger partial charge in [-0.3, -0.25) is 4.79 Å². The van der Waals surface area contributed by atoms with Crippen LogP contribution in [-0.2, 0) is 24.8 Å². The number of hydrogen-bond donors (Lipinski definition) is 2. The van der Waals surface area contributed by atoms with Crippen molar-refractivity contribution in [2.45, 2.75) is 13.0 Å². The molecular formula is C24H29Br2N5O. The Morgan fingerprint density at radius 2 is 1.88 bits per heavy atom. The average molecular weight is 563 g/mol. The number of aromatic nitrogens is 2. The van der Waals surface area contributed by atoms with Gasteiger partial charge in [-0.2, -0.15) is 0 Å². The monoisotopic (exact) mass is 561 g/mol. The summed E-state index contributed by atoms with van der Waals surface area (Å²) in [5.41, 5.74) is 10.7. The summed E-state index contributed by atoms with van der Waals surface area (Å²) in [6.07, 6.45) is 3.94. The molecule has 6 nitrogen and oxygen atoms in total. The van der Waals surface area contributed by atoms with Crippen molar-refractivity contribution in [2.24, 2.45) is 12.8 Å². The number of rotatable bonds is 12. The number of nitrogens with zero attached hydrogens (tertiary/aromatic N) is 3. The van der Waals surface area contributed by atoms with Gasteiger partial charge in [0.2, 0.25) is 5.91 Å². The lowest BCUT2D eigenvalue weighted by atomic mass is 10.1. The molecule has 0 aliphatic heterocycles. The molecule has 0 saturated carbocycles. The predicted molar refractivity (Wildman–Crippen MR) is 141 cm³/mol. The van der Waals surface area contributed by atoms with Gasteiger partial charge in [-0.1, -0.05) is 56.1 Å². The zero-order valence-corrected chi connectivity index (χ0v) is 21.4. The molecule has 0 aliphatic rings. The van der Waals surface area contributed by atoms with Gasteiger partial charge >= 0.3 is 0 Å². The number of amides is 1. The van der Waals surface area contributed by atoms with Gasteiger partial charge in [-0.05, 0) is 35.4 Å². The number of anilines is 1. The Balaban J connectivity index is 1.58. The van der Waals surface area contributed by atoms with Crippen molar-refractivity contribution in [3.63, 3.8) is 0 Å². The lowest BCUT2D eigenvalue weighted by molar-refractivity contribution is -0.113. The largest absolute Gasteiger partial charge is 0.370 e. The first-order valence-corrected chi connectivity index (χ1v) is 12.9. The first kappa shape index (κ1) is 24.5. The molecule has 0 atom stereocenters. The van der Waals surface area contributed by atoms with Gasteiger partial charge in [0.15, 0.2) is 0 Å². The number of halogens is 2. The highest BCUT2D eigenvalue weighted by Crippen LogP contribution is 2.23. The standard InChI is InChI=1S/C24H29Br2N5O/c1-30-22-8-7-20(31(14-11-25)15-12-26)16-21(22)29-24(30)10-13-28-17-19-4-2-18(3-5-19)6-9-23(27)32/h2-9,16,28H,10-15,17H2,1H3,(H2,27,32). The SMILES string of the molecule is Cn1c(CCNCc2ccc(C=CC(N)=O)cc2)nc2cc(N(CCBr)CCBr)ccc21. The van der Waals surface area contributed by atoms with Gasteiger partial charge in [0.05, 0.1) is 11.0 Å². The number of carbonyl (C=O) groups is 1. The minimum absolute atomic E-state index is 0.441. The molecule has 0 radical (unpaired) electrons. The molecule has 8 heteroatoms. The van der Waals surface area contributed by atoms with E-state index in [0.29, 0.717) is 0 Å². The topological polar surface area (TPSA) is 76.2 Å². The van der Waals surface area contributed by atoms with Crippen molar-refractivity contribution in [2.75, 3.05) is 35.2 Å². The Kier molecular flexibility index (Phi) is 9.32. The van der Waals surface area contributed by atoms with E-state index in [1.807, 2.05) is 12.1 Å². The second-order valence-corrected chi connectivity index (χ2v) is 9.12. The number of hydrogen-bond acceptors (Lipinski definition) is 4. The number of primary amides is 1. The van der Waals surface area contributed by atoms with Gasteiger partial charge in [0.25, 0.3) is 0 Å². The number of carbonyl (C=O) groups excluding carboxylic acids is 1. The maximum atomic E-state index is 10.8. The van der Waals surface area contributed by atoms with Gasteiger partial charge < -0.3 is 20.5 Å². The number of alkyl halides is 2. The van der Waals surface area contributed by atoms with Crippen molar-refractivity contribution >= 4 is 60.6 Å². The quantitative estimate of drug-likeness (QED) is 0.199. The summed E-state index contributed by atoms with van der Waals surface area (Å²) in [6.45, 7) is 3.54. The Bertz CT molecular complexity index is 1060. The molecule has 1 heterocycles. The normalized spacial score (nSPS) is 11.5. The highest BCUT2D eigenvalue weighted by Gasteiger charge is 2.11. The van der Waals surface area contributed by atoms with Crippen molar-refractivity contribution in [1.29, 1.82) is 0 Å². The molecule has 3 N–H and O–H groups in total. The Labute approximate surface area is 206 Å². The smallest absolute Gasteiger partial charge is 0.241 e. The Morgan fingerprint density at radius 1 is 1.16 bits per heavy atom. The molecular weight excluding hydrogens is 534 g/mol. The van der Waals surface area contributed by atoms with Crippen molar-refractivity contribution in [3.8, 4) is 0 Å². The van der Waals surface area contributed by atoms with Crippen molar-refractivity contribution in [1.82, 2.24) is 14.9 Å². The van der Waals surface area contributed by atoms with Crippen LogP contribution in [0.2, 0.25) is 0 Å². The minimum Gasteiger partial charge on any atom is -0.370 e. The van der Waals surface area contributed by atoms with E-state index >= 15 is 0 Å². The summed E-state index contributed by atoms with van der Waals surface area (Å²) in [5, 5.41) is 5.36. The molecule has 3 rings (SSSR count). The maximum absolute atomic E-state index is 10.8. The van der Waals surface area contributed by atoms with Crippen LogP contribution in [-0.4, -0.2) is 45.8 Å². The van der Waals surface area contributed by atoms with Gasteiger partial charge in [0, 0.05) is 62.1 Å². The summed E-state index contributed by atoms with van der Waals surface area (Å²) < 4.78 is 2.18. The Morgan fingerprint density at radius 3 is 2.53 bits per heavy atom. The average Bonchev–Trinajstić information content (AvgIpc) is 3.10. The number of nitrogens with two attached hydrogens (primary N) is 1. The first-order valence-electron chi connectivity index (χ1n) is 10.6. The molecule has 0 spiro atoms. The zero-order chi connectivity index (χ0) is 22.9. The van der Waals surface area contributed by atoms with E-state index in [0.717, 1.165) is 65.7 Å². The Hall–Kier alpha value is -2.16. The first-order chi connectivity index (χ1) is 15.5. The van der Waals surface area contributed by atoms with Gasteiger partial charge in [-0.15, -0.1) is 0 Å². The molecule has 2 aromatic carbocycles. The minimum atomic E-state index is -0.441. The molecule has 170 valence electrons. The molecule has 1 aromatic heterocycles. The fourth-order valence-electron chi connectivity index (χ4n) is 3.59. The van der Waals surface area contributed by atoms with E-state index in [9.17, 15) is 4.79 Å². The summed E-state index contributed by atoms with van der Waals surface area (Å²) in [7, 11) is 2.08. The second kappa shape index (κ2) is 12.2. The summed E-state index contributed by atoms with van der Waals surface area (Å²) >= 11 is 7.09. The molecule has 1 amide bonds. The number of aryl methyl sites for hydroxylation is 1. The molecule has 32 heavy (non-hydrogen) atoms. The van der Waals surface area contributed by atoms with Crippen LogP contribution in [0.3, 0.4) is 0 Å². The van der Waals surface area contributed by atoms with E-state index in [4.69, 9.17) is 10.7 Å². The van der Waals surface area contributed by atoms with E-state index < -0.39 is 5.91 Å². The van der Waals surface area contributed by atoms with Gasteiger partial charge in [0.1, 0.15) is 5.82 Å². The van der Waals surface area contributed by atoms with E-state index in [2.05, 4.69) is 84.0 Å². The fraction of sp³-hybridized carbons (Fsp3) is 0.333. The van der Waals surface area contributed by atoms with Crippen LogP contribution in [0.5, 0.6) is 0 Å². The van der Waals surface area contributed by atoms with Crippen LogP contribution < -0.4 is 16.0 Å². The molecule has 0 aliphatic carbocycles. The number of nitrogens with one attached hydrogen (secondary N) is 1. The lowest BCUT2D eigenvalue weighted by Gasteiger charge is -2.22. The van der Waals surface area contributed by atoms with Crippen molar-refractivity contribution in [3.05, 3.63) is 65.5 Å². The number of imidazole rings is 1. The third-order valence-corrected chi connectivity index (χ3v) is 6.01. The van der Waals surface area contributed by atoms with E-state index in [1.165, 1.54) is 17.3 Å². The van der Waals surface area contributed by atoms with E-state index in [1.54, 1.807) is 6.08 Å². The maximum Gasteiger partial charge on any atom is 0.241 e. The van der Waals surface area contributed by atoms with Crippen LogP contribution in [0.1, 0.15) is 17.0 Å². The molecule has 0 saturated heterocycles. The summed E-state index contributed by atoms with van der Waals surface area (Å²) in [5.74, 6) is 0.633. The summed E-state index contributed by atoms with van der Waals surface area (Å²) in [4.78, 5) is 18.1. The summed E-state index contributed by atoms with van der Waals surface area (Å²) in [6, 6.07) is 14.6. The molecule has 3 aromatic rings. The van der Waals surface area contributed by atoms with Crippen molar-refractivity contribution < 1.29 is 4.79 Å². The van der Waals surface area contributed by atoms with Crippen LogP contribution in [0.15, 0.2) is 48.5 Å². The highest BCUT2D eigenvalue weighted by molar-refractivity contribution is 9.09. The zero-order valence-electron chi connectivity index (χ0n) is 18.2. The third-order valence-electron chi connectivity index (χ3n) is 5.31. The number of fused-ring (bicyclic) bond motifs is 1. The van der Waals surface area contributed by atoms with Crippen LogP contribution in [0, 0.1) is 0 Å². The third kappa shape index (κ3) is 6.67. The van der Waals surface area contributed by atoms with Gasteiger partial charge in [-0.25, -0.2) is 4.98 Å². The second-order valence-electron chi connectivity index (χ2n) is 7.53. The molecule has 0 unspecified atom stereocenters.